The summed E-state index contributed by atoms with van der Waals surface area (Å²) >= 11 is 0. The van der Waals surface area contributed by atoms with Crippen LogP contribution in [0.1, 0.15) is 5.69 Å². The van der Waals surface area contributed by atoms with Gasteiger partial charge in [-0.05, 0) is 31.2 Å². The van der Waals surface area contributed by atoms with Gasteiger partial charge in [0.15, 0.2) is 5.58 Å². The minimum atomic E-state index is -3.67. The number of hydrogen-bond donors (Lipinski definition) is 1. The lowest BCUT2D eigenvalue weighted by molar-refractivity contribution is 0.376. The van der Waals surface area contributed by atoms with Gasteiger partial charge in [-0.1, -0.05) is 6.07 Å². The molecule has 148 valence electrons. The predicted molar refractivity (Wildman–Crippen MR) is 106 cm³/mol. The van der Waals surface area contributed by atoms with Gasteiger partial charge in [-0.2, -0.15) is 17.7 Å². The molecule has 4 rings (SSSR count). The molecule has 9 nitrogen and oxygen atoms in total. The number of aryl methyl sites for hydroxylation is 1. The van der Waals surface area contributed by atoms with Gasteiger partial charge in [-0.3, -0.25) is 4.72 Å². The van der Waals surface area contributed by atoms with Crippen molar-refractivity contribution in [1.29, 1.82) is 0 Å². The number of anilines is 2. The molecule has 1 N–H and O–H groups in total. The largest absolute Gasteiger partial charge is 0.497 e. The summed E-state index contributed by atoms with van der Waals surface area (Å²) in [5.41, 5.74) is 2.12. The van der Waals surface area contributed by atoms with Gasteiger partial charge in [0, 0.05) is 37.9 Å². The van der Waals surface area contributed by atoms with Gasteiger partial charge in [0.2, 0.25) is 0 Å². The van der Waals surface area contributed by atoms with Crippen LogP contribution in [0.3, 0.4) is 0 Å². The van der Waals surface area contributed by atoms with Gasteiger partial charge < -0.3 is 14.1 Å². The Labute approximate surface area is 163 Å². The summed E-state index contributed by atoms with van der Waals surface area (Å²) in [5.74, 6) is 1.02. The lowest BCUT2D eigenvalue weighted by atomic mass is 10.3. The molecular weight excluding hydrogens is 382 g/mol. The monoisotopic (exact) mass is 403 g/mol. The van der Waals surface area contributed by atoms with E-state index in [1.54, 1.807) is 19.2 Å². The Hall–Kier alpha value is -2.85. The molecule has 0 saturated carbocycles. The summed E-state index contributed by atoms with van der Waals surface area (Å²) in [6.45, 7) is 3.41. The third kappa shape index (κ3) is 3.73. The molecule has 1 saturated heterocycles. The van der Waals surface area contributed by atoms with E-state index >= 15 is 0 Å². The van der Waals surface area contributed by atoms with Crippen molar-refractivity contribution in [3.8, 4) is 5.75 Å². The fourth-order valence-electron chi connectivity index (χ4n) is 3.07. The standard InChI is InChI=1S/C18H21N5O4S/c1-13-4-3-5-17(19-13)21-28(24,25)23-10-8-22(9-11-23)18-20-15-12-14(26-2)6-7-16(15)27-18/h3-7,12H,8-11H2,1-2H3,(H,19,21). The number of benzene rings is 1. The third-order valence-corrected chi connectivity index (χ3v) is 6.07. The number of ether oxygens (including phenoxy) is 1. The van der Waals surface area contributed by atoms with Crippen LogP contribution in [-0.4, -0.2) is 56.0 Å². The lowest BCUT2D eigenvalue weighted by Gasteiger charge is -2.32. The lowest BCUT2D eigenvalue weighted by Crippen LogP contribution is -2.50. The highest BCUT2D eigenvalue weighted by molar-refractivity contribution is 7.90. The number of nitrogens with zero attached hydrogens (tertiary/aromatic N) is 4. The van der Waals surface area contributed by atoms with E-state index in [4.69, 9.17) is 9.15 Å². The maximum Gasteiger partial charge on any atom is 0.302 e. The zero-order valence-electron chi connectivity index (χ0n) is 15.6. The fraction of sp³-hybridized carbons (Fsp3) is 0.333. The van der Waals surface area contributed by atoms with Crippen molar-refractivity contribution >= 4 is 33.1 Å². The molecule has 1 fully saturated rings. The molecular formula is C18H21N5O4S. The van der Waals surface area contributed by atoms with E-state index < -0.39 is 10.2 Å². The van der Waals surface area contributed by atoms with Crippen molar-refractivity contribution in [2.24, 2.45) is 0 Å². The molecule has 28 heavy (non-hydrogen) atoms. The molecule has 3 heterocycles. The summed E-state index contributed by atoms with van der Waals surface area (Å²) in [5, 5.41) is 0. The molecule has 0 unspecified atom stereocenters. The zero-order chi connectivity index (χ0) is 19.7. The number of fused-ring (bicyclic) bond motifs is 1. The minimum absolute atomic E-state index is 0.315. The number of methoxy groups -OCH3 is 1. The predicted octanol–water partition coefficient (Wildman–Crippen LogP) is 2.02. The summed E-state index contributed by atoms with van der Waals surface area (Å²) in [4.78, 5) is 10.6. The first kappa shape index (κ1) is 18.5. The maximum absolute atomic E-state index is 12.6. The molecule has 0 atom stereocenters. The number of oxazole rings is 1. The van der Waals surface area contributed by atoms with Crippen molar-refractivity contribution in [1.82, 2.24) is 14.3 Å². The van der Waals surface area contributed by atoms with Crippen LogP contribution >= 0.6 is 0 Å². The van der Waals surface area contributed by atoms with Crippen LogP contribution in [0.4, 0.5) is 11.8 Å². The number of hydrogen-bond acceptors (Lipinski definition) is 7. The van der Waals surface area contributed by atoms with Crippen molar-refractivity contribution in [3.63, 3.8) is 0 Å². The molecule has 0 aliphatic carbocycles. The topological polar surface area (TPSA) is 101 Å². The first-order chi connectivity index (χ1) is 13.4. The van der Waals surface area contributed by atoms with Crippen LogP contribution in [0.2, 0.25) is 0 Å². The van der Waals surface area contributed by atoms with E-state index in [2.05, 4.69) is 14.7 Å². The SMILES string of the molecule is COc1ccc2oc(N3CCN(S(=O)(=O)Nc4cccc(C)n4)CC3)nc2c1. The normalized spacial score (nSPS) is 15.7. The Morgan fingerprint density at radius 1 is 1.11 bits per heavy atom. The van der Waals surface area contributed by atoms with Gasteiger partial charge in [0.25, 0.3) is 6.01 Å². The maximum atomic E-state index is 12.6. The summed E-state index contributed by atoms with van der Waals surface area (Å²) in [7, 11) is -2.07. The number of nitrogens with one attached hydrogen (secondary N) is 1. The quantitative estimate of drug-likeness (QED) is 0.695. The van der Waals surface area contributed by atoms with E-state index in [1.807, 2.05) is 36.1 Å². The summed E-state index contributed by atoms with van der Waals surface area (Å²) < 4.78 is 40.2. The molecule has 1 aromatic carbocycles. The van der Waals surface area contributed by atoms with Crippen molar-refractivity contribution in [2.75, 3.05) is 42.9 Å². The van der Waals surface area contributed by atoms with Gasteiger partial charge in [0.05, 0.1) is 7.11 Å². The highest BCUT2D eigenvalue weighted by Gasteiger charge is 2.29. The zero-order valence-corrected chi connectivity index (χ0v) is 16.4. The number of pyridine rings is 1. The molecule has 3 aromatic rings. The van der Waals surface area contributed by atoms with Crippen molar-refractivity contribution in [2.45, 2.75) is 6.92 Å². The van der Waals surface area contributed by atoms with Crippen molar-refractivity contribution in [3.05, 3.63) is 42.1 Å². The number of aromatic nitrogens is 2. The van der Waals surface area contributed by atoms with Crippen LogP contribution in [-0.2, 0) is 10.2 Å². The molecule has 1 aliphatic heterocycles. The minimum Gasteiger partial charge on any atom is -0.497 e. The molecule has 0 amide bonds. The number of piperazine rings is 1. The molecule has 0 bridgehead atoms. The van der Waals surface area contributed by atoms with Crippen LogP contribution in [0, 0.1) is 6.92 Å². The smallest absolute Gasteiger partial charge is 0.302 e. The molecule has 0 spiro atoms. The second-order valence-electron chi connectivity index (χ2n) is 6.49. The van der Waals surface area contributed by atoms with Crippen LogP contribution in [0.25, 0.3) is 11.1 Å². The van der Waals surface area contributed by atoms with Crippen LogP contribution in [0.5, 0.6) is 5.75 Å². The van der Waals surface area contributed by atoms with E-state index in [1.165, 1.54) is 4.31 Å². The second kappa shape index (κ2) is 7.28. The van der Waals surface area contributed by atoms with Crippen LogP contribution in [0.15, 0.2) is 40.8 Å². The fourth-order valence-corrected chi connectivity index (χ4v) is 4.22. The average Bonchev–Trinajstić information content (AvgIpc) is 3.11. The first-order valence-corrected chi connectivity index (χ1v) is 10.3. The van der Waals surface area contributed by atoms with Gasteiger partial charge in [0.1, 0.15) is 17.1 Å². The Balaban J connectivity index is 1.44. The van der Waals surface area contributed by atoms with Crippen molar-refractivity contribution < 1.29 is 17.6 Å². The Morgan fingerprint density at radius 3 is 2.61 bits per heavy atom. The Bertz CT molecular complexity index is 1090. The van der Waals surface area contributed by atoms with Gasteiger partial charge in [-0.25, -0.2) is 4.98 Å². The molecule has 0 radical (unpaired) electrons. The van der Waals surface area contributed by atoms with E-state index in [-0.39, 0.29) is 0 Å². The van der Waals surface area contributed by atoms with E-state index in [0.29, 0.717) is 54.9 Å². The number of rotatable bonds is 5. The first-order valence-electron chi connectivity index (χ1n) is 8.86. The average molecular weight is 403 g/mol. The third-order valence-electron chi connectivity index (χ3n) is 4.55. The Morgan fingerprint density at radius 2 is 1.89 bits per heavy atom. The molecule has 10 heteroatoms. The van der Waals surface area contributed by atoms with Gasteiger partial charge >= 0.3 is 10.2 Å². The molecule has 1 aliphatic rings. The highest BCUT2D eigenvalue weighted by Crippen LogP contribution is 2.26. The highest BCUT2D eigenvalue weighted by atomic mass is 32.2. The summed E-state index contributed by atoms with van der Waals surface area (Å²) in [6.07, 6.45) is 0. The Kier molecular flexibility index (Phi) is 4.82. The second-order valence-corrected chi connectivity index (χ2v) is 8.16. The van der Waals surface area contributed by atoms with Crippen LogP contribution < -0.4 is 14.4 Å². The molecule has 2 aromatic heterocycles. The van der Waals surface area contributed by atoms with E-state index in [0.717, 1.165) is 5.69 Å². The summed E-state index contributed by atoms with van der Waals surface area (Å²) in [6, 6.07) is 11.1. The van der Waals surface area contributed by atoms with Gasteiger partial charge in [-0.15, -0.1) is 0 Å². The van der Waals surface area contributed by atoms with E-state index in [9.17, 15) is 8.42 Å².